The molecular formula is C11H17NO2. The Balaban J connectivity index is 4.87. The molecule has 0 rings (SSSR count). The molecule has 0 aromatic rings. The molecule has 0 aromatic heterocycles. The van der Waals surface area contributed by atoms with Gasteiger partial charge in [-0.25, -0.2) is 10.2 Å². The molecular weight excluding hydrogens is 178 g/mol. The monoisotopic (exact) mass is 195 g/mol. The summed E-state index contributed by atoms with van der Waals surface area (Å²) in [6.45, 7) is 13.3. The molecule has 0 radical (unpaired) electrons. The van der Waals surface area contributed by atoms with Gasteiger partial charge in [-0.2, -0.15) is 0 Å². The van der Waals surface area contributed by atoms with Crippen molar-refractivity contribution in [3.8, 4) is 0 Å². The number of nitrogens with zero attached hydrogens (tertiary/aromatic N) is 1. The molecule has 14 heavy (non-hydrogen) atoms. The summed E-state index contributed by atoms with van der Waals surface area (Å²) in [5.74, 6) is 0.0635. The van der Waals surface area contributed by atoms with E-state index in [2.05, 4.69) is 23.0 Å². The summed E-state index contributed by atoms with van der Waals surface area (Å²) in [5.41, 5.74) is 0.918. The standard InChI is InChI=1S/C11H17NO2/c1-6-9(11(3,4)5)8-12-10(7-2)14-13/h6-8,13H,1-2H2,3-5H3/b9-8+,12-10+. The average Bonchev–Trinajstić information content (AvgIpc) is 2.10. The molecule has 3 heteroatoms. The predicted molar refractivity (Wildman–Crippen MR) is 59.1 cm³/mol. The Morgan fingerprint density at radius 1 is 1.29 bits per heavy atom. The van der Waals surface area contributed by atoms with Gasteiger partial charge in [0, 0.05) is 6.20 Å². The van der Waals surface area contributed by atoms with E-state index in [-0.39, 0.29) is 11.3 Å². The Bertz CT molecular complexity index is 270. The minimum absolute atomic E-state index is 0.0347. The second-order valence-electron chi connectivity index (χ2n) is 3.80. The fourth-order valence-corrected chi connectivity index (χ4v) is 0.799. The molecule has 0 saturated carbocycles. The minimum atomic E-state index is -0.0347. The number of hydrogen-bond acceptors (Lipinski definition) is 3. The van der Waals surface area contributed by atoms with Gasteiger partial charge < -0.3 is 4.89 Å². The molecule has 1 N–H and O–H groups in total. The summed E-state index contributed by atoms with van der Waals surface area (Å²) >= 11 is 0. The second kappa shape index (κ2) is 5.40. The maximum atomic E-state index is 8.36. The van der Waals surface area contributed by atoms with E-state index in [9.17, 15) is 0 Å². The van der Waals surface area contributed by atoms with E-state index in [1.54, 1.807) is 12.3 Å². The molecule has 0 aliphatic carbocycles. The van der Waals surface area contributed by atoms with Crippen LogP contribution in [-0.4, -0.2) is 11.2 Å². The van der Waals surface area contributed by atoms with Gasteiger partial charge in [0.25, 0.3) is 5.90 Å². The zero-order valence-electron chi connectivity index (χ0n) is 8.95. The van der Waals surface area contributed by atoms with Gasteiger partial charge in [-0.1, -0.05) is 40.0 Å². The molecule has 0 fully saturated rings. The van der Waals surface area contributed by atoms with Crippen LogP contribution in [0.2, 0.25) is 0 Å². The van der Waals surface area contributed by atoms with Gasteiger partial charge in [-0.3, -0.25) is 0 Å². The Kier molecular flexibility index (Phi) is 4.87. The van der Waals surface area contributed by atoms with Crippen LogP contribution in [0.4, 0.5) is 0 Å². The first-order valence-electron chi connectivity index (χ1n) is 4.30. The largest absolute Gasteiger partial charge is 0.320 e. The van der Waals surface area contributed by atoms with E-state index < -0.39 is 0 Å². The molecule has 0 aliphatic rings. The third-order valence-electron chi connectivity index (χ3n) is 1.68. The number of allylic oxidation sites excluding steroid dienone is 2. The summed E-state index contributed by atoms with van der Waals surface area (Å²) < 4.78 is 0. The SMILES string of the molecule is C=C/C(=C\N=C(/C=C)OO)C(C)(C)C. The van der Waals surface area contributed by atoms with E-state index >= 15 is 0 Å². The highest BCUT2D eigenvalue weighted by Crippen LogP contribution is 2.25. The van der Waals surface area contributed by atoms with Gasteiger partial charge in [0.05, 0.1) is 0 Å². The maximum absolute atomic E-state index is 8.36. The van der Waals surface area contributed by atoms with Gasteiger partial charge in [0.1, 0.15) is 0 Å². The quantitative estimate of drug-likeness (QED) is 0.247. The summed E-state index contributed by atoms with van der Waals surface area (Å²) in [4.78, 5) is 7.85. The smallest absolute Gasteiger partial charge is 0.255 e. The molecule has 0 aromatic carbocycles. The van der Waals surface area contributed by atoms with Crippen molar-refractivity contribution in [2.75, 3.05) is 0 Å². The summed E-state index contributed by atoms with van der Waals surface area (Å²) in [6, 6.07) is 0. The lowest BCUT2D eigenvalue weighted by Gasteiger charge is -2.18. The molecule has 0 bridgehead atoms. The lowest BCUT2D eigenvalue weighted by molar-refractivity contribution is -0.153. The molecule has 78 valence electrons. The van der Waals surface area contributed by atoms with Gasteiger partial charge in [0.2, 0.25) is 0 Å². The van der Waals surface area contributed by atoms with Crippen LogP contribution in [0.15, 0.2) is 42.1 Å². The maximum Gasteiger partial charge on any atom is 0.255 e. The Hall–Kier alpha value is -1.35. The molecule has 0 amide bonds. The zero-order chi connectivity index (χ0) is 11.2. The lowest BCUT2D eigenvalue weighted by atomic mass is 9.87. The lowest BCUT2D eigenvalue weighted by Crippen LogP contribution is -2.07. The molecule has 3 nitrogen and oxygen atoms in total. The van der Waals surface area contributed by atoms with Crippen LogP contribution in [0.1, 0.15) is 20.8 Å². The van der Waals surface area contributed by atoms with E-state index in [1.165, 1.54) is 6.08 Å². The van der Waals surface area contributed by atoms with Crippen molar-refractivity contribution < 1.29 is 10.1 Å². The van der Waals surface area contributed by atoms with Crippen molar-refractivity contribution in [3.63, 3.8) is 0 Å². The number of rotatable bonds is 3. The van der Waals surface area contributed by atoms with Crippen molar-refractivity contribution in [2.24, 2.45) is 10.4 Å². The Morgan fingerprint density at radius 2 is 1.86 bits per heavy atom. The molecule has 0 aliphatic heterocycles. The van der Waals surface area contributed by atoms with Gasteiger partial charge in [-0.05, 0) is 17.1 Å². The van der Waals surface area contributed by atoms with Gasteiger partial charge in [0.15, 0.2) is 0 Å². The van der Waals surface area contributed by atoms with Crippen LogP contribution in [0, 0.1) is 5.41 Å². The first kappa shape index (κ1) is 12.7. The average molecular weight is 195 g/mol. The van der Waals surface area contributed by atoms with Crippen molar-refractivity contribution in [1.82, 2.24) is 0 Å². The number of hydrogen-bond donors (Lipinski definition) is 1. The highest BCUT2D eigenvalue weighted by atomic mass is 17.1. The molecule has 0 heterocycles. The fourth-order valence-electron chi connectivity index (χ4n) is 0.799. The van der Waals surface area contributed by atoms with E-state index in [4.69, 9.17) is 5.26 Å². The molecule has 0 saturated heterocycles. The van der Waals surface area contributed by atoms with Crippen LogP contribution in [0.25, 0.3) is 0 Å². The predicted octanol–water partition coefficient (Wildman–Crippen LogP) is 3.18. The topological polar surface area (TPSA) is 41.8 Å². The van der Waals surface area contributed by atoms with Crippen LogP contribution < -0.4 is 0 Å². The van der Waals surface area contributed by atoms with Crippen molar-refractivity contribution in [2.45, 2.75) is 20.8 Å². The van der Waals surface area contributed by atoms with E-state index in [1.807, 2.05) is 20.8 Å². The van der Waals surface area contributed by atoms with E-state index in [0.717, 1.165) is 5.57 Å². The highest BCUT2D eigenvalue weighted by molar-refractivity contribution is 5.86. The Labute approximate surface area is 85.1 Å². The van der Waals surface area contributed by atoms with Crippen LogP contribution >= 0.6 is 0 Å². The molecule has 0 spiro atoms. The Morgan fingerprint density at radius 3 is 2.14 bits per heavy atom. The number of aliphatic imine (C=N–C) groups is 1. The van der Waals surface area contributed by atoms with Gasteiger partial charge in [-0.15, -0.1) is 0 Å². The van der Waals surface area contributed by atoms with Crippen molar-refractivity contribution in [1.29, 1.82) is 0 Å². The normalized spacial score (nSPS) is 13.7. The van der Waals surface area contributed by atoms with Crippen LogP contribution in [0.5, 0.6) is 0 Å². The second-order valence-corrected chi connectivity index (χ2v) is 3.80. The van der Waals surface area contributed by atoms with Crippen molar-refractivity contribution >= 4 is 5.90 Å². The highest BCUT2D eigenvalue weighted by Gasteiger charge is 2.13. The zero-order valence-corrected chi connectivity index (χ0v) is 8.95. The first-order chi connectivity index (χ1) is 6.45. The van der Waals surface area contributed by atoms with Crippen LogP contribution in [-0.2, 0) is 4.89 Å². The third-order valence-corrected chi connectivity index (χ3v) is 1.68. The summed E-state index contributed by atoms with van der Waals surface area (Å²) in [7, 11) is 0. The minimum Gasteiger partial charge on any atom is -0.320 e. The van der Waals surface area contributed by atoms with Crippen LogP contribution in [0.3, 0.4) is 0 Å². The van der Waals surface area contributed by atoms with Crippen molar-refractivity contribution in [3.05, 3.63) is 37.1 Å². The molecule has 0 atom stereocenters. The summed E-state index contributed by atoms with van der Waals surface area (Å²) in [5, 5.41) is 8.36. The summed E-state index contributed by atoms with van der Waals surface area (Å²) in [6.07, 6.45) is 4.64. The first-order valence-corrected chi connectivity index (χ1v) is 4.30. The molecule has 0 unspecified atom stereocenters. The fraction of sp³-hybridized carbons (Fsp3) is 0.364. The van der Waals surface area contributed by atoms with E-state index in [0.29, 0.717) is 0 Å². The third kappa shape index (κ3) is 4.05. The van der Waals surface area contributed by atoms with Gasteiger partial charge >= 0.3 is 0 Å².